The predicted molar refractivity (Wildman–Crippen MR) is 88.0 cm³/mol. The molecule has 0 bridgehead atoms. The van der Waals surface area contributed by atoms with Crippen molar-refractivity contribution in [2.75, 3.05) is 31.9 Å². The van der Waals surface area contributed by atoms with E-state index in [1.54, 1.807) is 0 Å². The number of hydrogen-bond donors (Lipinski definition) is 3. The first kappa shape index (κ1) is 21.6. The summed E-state index contributed by atoms with van der Waals surface area (Å²) in [6.07, 6.45) is -4.49. The van der Waals surface area contributed by atoms with Crippen molar-refractivity contribution in [2.45, 2.75) is 12.2 Å². The predicted octanol–water partition coefficient (Wildman–Crippen LogP) is 3.09. The molecule has 10 heteroatoms. The lowest BCUT2D eigenvalue weighted by molar-refractivity contribution is -0.188. The second kappa shape index (κ2) is 8.44. The summed E-state index contributed by atoms with van der Waals surface area (Å²) < 4.78 is 40.5. The molecule has 1 aliphatic rings. The third-order valence-electron chi connectivity index (χ3n) is 3.30. The van der Waals surface area contributed by atoms with Crippen molar-refractivity contribution in [3.8, 4) is 5.75 Å². The molecule has 0 aromatic heterocycles. The van der Waals surface area contributed by atoms with E-state index in [-0.39, 0.29) is 53.6 Å². The molecule has 0 saturated carbocycles. The van der Waals surface area contributed by atoms with Crippen LogP contribution in [-0.2, 0) is 0 Å². The fraction of sp³-hybridized carbons (Fsp3) is 0.500. The zero-order chi connectivity index (χ0) is 14.9. The Labute approximate surface area is 147 Å². The molecule has 4 N–H and O–H groups in total. The van der Waals surface area contributed by atoms with E-state index in [1.165, 1.54) is 17.0 Å². The van der Waals surface area contributed by atoms with Gasteiger partial charge in [-0.2, -0.15) is 13.2 Å². The van der Waals surface area contributed by atoms with Gasteiger partial charge in [-0.3, -0.25) is 4.90 Å². The van der Waals surface area contributed by atoms with Gasteiger partial charge in [0, 0.05) is 36.2 Å². The molecular formula is C12H17BrCl2F3N3O. The summed E-state index contributed by atoms with van der Waals surface area (Å²) in [5, 5.41) is 13.0. The number of nitrogens with two attached hydrogens (primary N) is 1. The fourth-order valence-electron chi connectivity index (χ4n) is 2.35. The first-order chi connectivity index (χ1) is 9.32. The summed E-state index contributed by atoms with van der Waals surface area (Å²) in [6.45, 7) is 1.47. The van der Waals surface area contributed by atoms with Crippen molar-refractivity contribution in [3.63, 3.8) is 0 Å². The molecule has 1 saturated heterocycles. The number of halogens is 6. The minimum absolute atomic E-state index is 0. The number of piperazine rings is 1. The van der Waals surface area contributed by atoms with Gasteiger partial charge < -0.3 is 16.2 Å². The van der Waals surface area contributed by atoms with E-state index in [0.717, 1.165) is 0 Å². The molecule has 1 aliphatic heterocycles. The van der Waals surface area contributed by atoms with Gasteiger partial charge in [-0.25, -0.2) is 0 Å². The monoisotopic (exact) mass is 425 g/mol. The Hall–Kier alpha value is -0.410. The quantitative estimate of drug-likeness (QED) is 0.502. The summed E-state index contributed by atoms with van der Waals surface area (Å²) >= 11 is 3.08. The number of nitrogens with zero attached hydrogens (tertiary/aromatic N) is 1. The lowest BCUT2D eigenvalue weighted by Gasteiger charge is -2.36. The van der Waals surface area contributed by atoms with E-state index in [1.807, 2.05) is 0 Å². The normalized spacial score (nSPS) is 17.3. The van der Waals surface area contributed by atoms with E-state index < -0.39 is 18.0 Å². The van der Waals surface area contributed by atoms with Gasteiger partial charge in [0.2, 0.25) is 0 Å². The number of nitrogens with one attached hydrogen (secondary N) is 1. The van der Waals surface area contributed by atoms with Crippen LogP contribution in [0.25, 0.3) is 0 Å². The average molecular weight is 427 g/mol. The minimum atomic E-state index is -4.49. The third kappa shape index (κ3) is 4.55. The Bertz CT molecular complexity index is 499. The van der Waals surface area contributed by atoms with E-state index in [0.29, 0.717) is 13.1 Å². The Morgan fingerprint density at radius 1 is 1.23 bits per heavy atom. The second-order valence-corrected chi connectivity index (χ2v) is 5.48. The topological polar surface area (TPSA) is 61.5 Å². The highest BCUT2D eigenvalue weighted by Gasteiger charge is 2.47. The number of anilines is 1. The van der Waals surface area contributed by atoms with E-state index >= 15 is 0 Å². The van der Waals surface area contributed by atoms with Crippen molar-refractivity contribution in [1.29, 1.82) is 0 Å². The molecule has 0 radical (unpaired) electrons. The standard InChI is InChI=1S/C12H15BrF3N3O.2ClH/c13-7-1-2-8(17)10(20)9(7)11(12(14,15)16)19-5-3-18-4-6-19;;/h1-2,11,18,20H,3-6,17H2;2*1H/t11-;;/m1../s1. The summed E-state index contributed by atoms with van der Waals surface area (Å²) in [5.74, 6) is -0.514. The van der Waals surface area contributed by atoms with Gasteiger partial charge in [0.05, 0.1) is 5.69 Å². The third-order valence-corrected chi connectivity index (χ3v) is 3.99. The zero-order valence-corrected chi connectivity index (χ0v) is 14.6. The summed E-state index contributed by atoms with van der Waals surface area (Å²) in [5.41, 5.74) is 5.25. The number of alkyl halides is 3. The molecule has 0 amide bonds. The van der Waals surface area contributed by atoms with Crippen molar-refractivity contribution in [3.05, 3.63) is 22.2 Å². The van der Waals surface area contributed by atoms with E-state index in [9.17, 15) is 18.3 Å². The summed E-state index contributed by atoms with van der Waals surface area (Å²) in [6, 6.07) is 0.918. The molecule has 0 unspecified atom stereocenters. The Morgan fingerprint density at radius 2 is 1.77 bits per heavy atom. The number of rotatable bonds is 2. The molecule has 1 aromatic carbocycles. The molecule has 22 heavy (non-hydrogen) atoms. The molecule has 0 spiro atoms. The van der Waals surface area contributed by atoms with Crippen LogP contribution in [-0.4, -0.2) is 42.4 Å². The van der Waals surface area contributed by atoms with Crippen LogP contribution in [0.15, 0.2) is 16.6 Å². The number of hydrogen-bond acceptors (Lipinski definition) is 4. The molecule has 1 heterocycles. The Balaban J connectivity index is 0.00000220. The van der Waals surface area contributed by atoms with Gasteiger partial charge in [0.15, 0.2) is 0 Å². The van der Waals surface area contributed by atoms with Crippen LogP contribution in [0.4, 0.5) is 18.9 Å². The maximum atomic E-state index is 13.4. The molecule has 1 fully saturated rings. The van der Waals surface area contributed by atoms with Gasteiger partial charge in [0.25, 0.3) is 0 Å². The number of nitrogen functional groups attached to an aromatic ring is 1. The van der Waals surface area contributed by atoms with E-state index in [2.05, 4.69) is 21.2 Å². The maximum Gasteiger partial charge on any atom is 0.408 e. The zero-order valence-electron chi connectivity index (χ0n) is 11.4. The van der Waals surface area contributed by atoms with E-state index in [4.69, 9.17) is 5.73 Å². The highest BCUT2D eigenvalue weighted by Crippen LogP contribution is 2.46. The van der Waals surface area contributed by atoms with Crippen molar-refractivity contribution < 1.29 is 18.3 Å². The van der Waals surface area contributed by atoms with Gasteiger partial charge in [-0.1, -0.05) is 15.9 Å². The highest BCUT2D eigenvalue weighted by molar-refractivity contribution is 9.10. The number of phenols is 1. The van der Waals surface area contributed by atoms with Crippen LogP contribution < -0.4 is 11.1 Å². The summed E-state index contributed by atoms with van der Waals surface area (Å²) in [7, 11) is 0. The molecule has 1 aromatic rings. The smallest absolute Gasteiger partial charge is 0.408 e. The lowest BCUT2D eigenvalue weighted by atomic mass is 10.0. The largest absolute Gasteiger partial charge is 0.505 e. The first-order valence-corrected chi connectivity index (χ1v) is 6.90. The molecule has 4 nitrogen and oxygen atoms in total. The van der Waals surface area contributed by atoms with Gasteiger partial charge in [0.1, 0.15) is 11.8 Å². The van der Waals surface area contributed by atoms with Crippen LogP contribution in [0.5, 0.6) is 5.75 Å². The first-order valence-electron chi connectivity index (χ1n) is 6.10. The SMILES string of the molecule is Cl.Cl.Nc1ccc(Br)c([C@@H](N2CCNCC2)C(F)(F)F)c1O. The van der Waals surface area contributed by atoms with Crippen LogP contribution in [0, 0.1) is 0 Å². The van der Waals surface area contributed by atoms with Gasteiger partial charge >= 0.3 is 6.18 Å². The van der Waals surface area contributed by atoms with Crippen LogP contribution >= 0.6 is 40.7 Å². The number of benzene rings is 1. The van der Waals surface area contributed by atoms with Crippen molar-refractivity contribution in [1.82, 2.24) is 10.2 Å². The second-order valence-electron chi connectivity index (χ2n) is 4.63. The lowest BCUT2D eigenvalue weighted by Crippen LogP contribution is -2.49. The highest BCUT2D eigenvalue weighted by atomic mass is 79.9. The molecule has 2 rings (SSSR count). The minimum Gasteiger partial charge on any atom is -0.505 e. The average Bonchev–Trinajstić information content (AvgIpc) is 2.39. The fourth-order valence-corrected chi connectivity index (χ4v) is 2.89. The van der Waals surface area contributed by atoms with Crippen LogP contribution in [0.3, 0.4) is 0 Å². The van der Waals surface area contributed by atoms with Crippen LogP contribution in [0.1, 0.15) is 11.6 Å². The van der Waals surface area contributed by atoms with Crippen molar-refractivity contribution in [2.24, 2.45) is 0 Å². The maximum absolute atomic E-state index is 13.4. The van der Waals surface area contributed by atoms with Crippen LogP contribution in [0.2, 0.25) is 0 Å². The van der Waals surface area contributed by atoms with Gasteiger partial charge in [-0.15, -0.1) is 24.8 Å². The molecule has 0 aliphatic carbocycles. The molecule has 1 atom stereocenters. The van der Waals surface area contributed by atoms with Gasteiger partial charge in [-0.05, 0) is 12.1 Å². The molecule has 128 valence electrons. The molecular weight excluding hydrogens is 410 g/mol. The number of aromatic hydroxyl groups is 1. The Morgan fingerprint density at radius 3 is 2.27 bits per heavy atom. The van der Waals surface area contributed by atoms with Crippen molar-refractivity contribution >= 4 is 46.4 Å². The summed E-state index contributed by atoms with van der Waals surface area (Å²) in [4.78, 5) is 1.30. The Kier molecular flexibility index (Phi) is 8.29. The number of phenolic OH excluding ortho intramolecular Hbond substituents is 1.